The van der Waals surface area contributed by atoms with Crippen molar-refractivity contribution >= 4 is 5.97 Å². The van der Waals surface area contributed by atoms with Crippen LogP contribution in [-0.2, 0) is 16.0 Å². The Balaban J connectivity index is 2.56. The predicted octanol–water partition coefficient (Wildman–Crippen LogP) is 1.40. The summed E-state index contributed by atoms with van der Waals surface area (Å²) in [4.78, 5) is 11.2. The third-order valence-electron chi connectivity index (χ3n) is 2.44. The van der Waals surface area contributed by atoms with Gasteiger partial charge in [0.2, 0.25) is 0 Å². The van der Waals surface area contributed by atoms with E-state index in [0.29, 0.717) is 6.42 Å². The largest absolute Gasteiger partial charge is 0.469 e. The molecule has 3 heteroatoms. The van der Waals surface area contributed by atoms with E-state index in [2.05, 4.69) is 4.74 Å². The Bertz CT molecular complexity index is 308. The Morgan fingerprint density at radius 1 is 1.40 bits per heavy atom. The lowest BCUT2D eigenvalue weighted by Gasteiger charge is -2.16. The number of benzene rings is 1. The summed E-state index contributed by atoms with van der Waals surface area (Å²) in [6.07, 6.45) is -0.225. The molecule has 0 spiro atoms. The summed E-state index contributed by atoms with van der Waals surface area (Å²) in [5.74, 6) is -0.867. The molecule has 0 aliphatic rings. The minimum atomic E-state index is -0.695. The molecule has 1 aromatic carbocycles. The third kappa shape index (κ3) is 3.36. The molecule has 3 nitrogen and oxygen atoms in total. The molecule has 0 unspecified atom stereocenters. The first kappa shape index (κ1) is 11.7. The van der Waals surface area contributed by atoms with E-state index in [1.54, 1.807) is 6.92 Å². The van der Waals surface area contributed by atoms with Crippen LogP contribution >= 0.6 is 0 Å². The van der Waals surface area contributed by atoms with Gasteiger partial charge in [0.15, 0.2) is 0 Å². The molecular formula is C12H16O3. The van der Waals surface area contributed by atoms with Crippen molar-refractivity contribution in [1.82, 2.24) is 0 Å². The van der Waals surface area contributed by atoms with Crippen molar-refractivity contribution in [2.24, 2.45) is 5.92 Å². The standard InChI is InChI=1S/C12H16O3/c1-9(12(14)15-2)11(13)8-10-6-4-3-5-7-10/h3-7,9,11,13H,8H2,1-2H3/t9-,11+/m1/s1. The number of aliphatic hydroxyl groups is 1. The number of aliphatic hydroxyl groups excluding tert-OH is 1. The van der Waals surface area contributed by atoms with E-state index in [4.69, 9.17) is 0 Å². The Morgan fingerprint density at radius 3 is 2.53 bits per heavy atom. The first-order chi connectivity index (χ1) is 7.15. The van der Waals surface area contributed by atoms with Crippen molar-refractivity contribution < 1.29 is 14.6 Å². The zero-order chi connectivity index (χ0) is 11.3. The van der Waals surface area contributed by atoms with Gasteiger partial charge in [-0.1, -0.05) is 30.3 Å². The highest BCUT2D eigenvalue weighted by Gasteiger charge is 2.22. The lowest BCUT2D eigenvalue weighted by Crippen LogP contribution is -2.28. The van der Waals surface area contributed by atoms with Gasteiger partial charge in [-0.05, 0) is 18.9 Å². The molecule has 1 N–H and O–H groups in total. The summed E-state index contributed by atoms with van der Waals surface area (Å²) >= 11 is 0. The zero-order valence-corrected chi connectivity index (χ0v) is 9.01. The van der Waals surface area contributed by atoms with Crippen LogP contribution in [-0.4, -0.2) is 24.3 Å². The van der Waals surface area contributed by atoms with Gasteiger partial charge in [0, 0.05) is 0 Å². The summed E-state index contributed by atoms with van der Waals surface area (Å²) in [7, 11) is 1.33. The lowest BCUT2D eigenvalue weighted by atomic mass is 9.98. The first-order valence-corrected chi connectivity index (χ1v) is 4.95. The van der Waals surface area contributed by atoms with Crippen molar-refractivity contribution in [2.45, 2.75) is 19.4 Å². The molecule has 82 valence electrons. The summed E-state index contributed by atoms with van der Waals surface area (Å²) in [6, 6.07) is 9.58. The number of carbonyl (C=O) groups excluding carboxylic acids is 1. The minimum absolute atomic E-state index is 0.376. The monoisotopic (exact) mass is 208 g/mol. The van der Waals surface area contributed by atoms with E-state index in [0.717, 1.165) is 5.56 Å². The van der Waals surface area contributed by atoms with E-state index in [1.165, 1.54) is 7.11 Å². The second-order valence-corrected chi connectivity index (χ2v) is 3.57. The van der Waals surface area contributed by atoms with Gasteiger partial charge in [0.05, 0.1) is 19.1 Å². The first-order valence-electron chi connectivity index (χ1n) is 4.95. The maximum Gasteiger partial charge on any atom is 0.311 e. The molecule has 0 aromatic heterocycles. The molecular weight excluding hydrogens is 192 g/mol. The summed E-state index contributed by atoms with van der Waals surface area (Å²) in [5.41, 5.74) is 1.01. The van der Waals surface area contributed by atoms with Crippen LogP contribution in [0.25, 0.3) is 0 Å². The molecule has 1 rings (SSSR count). The molecule has 0 aliphatic heterocycles. The van der Waals surface area contributed by atoms with Crippen LogP contribution in [0.5, 0.6) is 0 Å². The predicted molar refractivity (Wildman–Crippen MR) is 57.3 cm³/mol. The minimum Gasteiger partial charge on any atom is -0.469 e. The van der Waals surface area contributed by atoms with Gasteiger partial charge in [-0.2, -0.15) is 0 Å². The fourth-order valence-electron chi connectivity index (χ4n) is 1.38. The third-order valence-corrected chi connectivity index (χ3v) is 2.44. The maximum absolute atomic E-state index is 11.2. The molecule has 1 aromatic rings. The van der Waals surface area contributed by atoms with Gasteiger partial charge in [-0.3, -0.25) is 4.79 Å². The van der Waals surface area contributed by atoms with Crippen LogP contribution in [0.4, 0.5) is 0 Å². The average molecular weight is 208 g/mol. The molecule has 15 heavy (non-hydrogen) atoms. The number of esters is 1. The number of carbonyl (C=O) groups is 1. The topological polar surface area (TPSA) is 46.5 Å². The van der Waals surface area contributed by atoms with Crippen molar-refractivity contribution in [3.8, 4) is 0 Å². The molecule has 0 aliphatic carbocycles. The molecule has 0 radical (unpaired) electrons. The molecule has 0 saturated heterocycles. The number of hydrogen-bond acceptors (Lipinski definition) is 3. The summed E-state index contributed by atoms with van der Waals surface area (Å²) in [6.45, 7) is 1.67. The summed E-state index contributed by atoms with van der Waals surface area (Å²) in [5, 5.41) is 9.77. The molecule has 0 saturated carbocycles. The Labute approximate surface area is 89.7 Å². The fourth-order valence-corrected chi connectivity index (χ4v) is 1.38. The number of rotatable bonds is 4. The number of ether oxygens (including phenoxy) is 1. The van der Waals surface area contributed by atoms with Crippen LogP contribution in [0.1, 0.15) is 12.5 Å². The van der Waals surface area contributed by atoms with Gasteiger partial charge in [-0.25, -0.2) is 0 Å². The van der Waals surface area contributed by atoms with Gasteiger partial charge in [0.25, 0.3) is 0 Å². The molecule has 0 heterocycles. The summed E-state index contributed by atoms with van der Waals surface area (Å²) < 4.78 is 4.57. The van der Waals surface area contributed by atoms with Crippen molar-refractivity contribution in [1.29, 1.82) is 0 Å². The second kappa shape index (κ2) is 5.51. The lowest BCUT2D eigenvalue weighted by molar-refractivity contribution is -0.148. The Kier molecular flexibility index (Phi) is 4.31. The quantitative estimate of drug-likeness (QED) is 0.761. The van der Waals surface area contributed by atoms with E-state index < -0.39 is 12.0 Å². The van der Waals surface area contributed by atoms with Crippen molar-refractivity contribution in [3.05, 3.63) is 35.9 Å². The van der Waals surface area contributed by atoms with Crippen LogP contribution in [0.2, 0.25) is 0 Å². The zero-order valence-electron chi connectivity index (χ0n) is 9.01. The highest BCUT2D eigenvalue weighted by Crippen LogP contribution is 2.11. The smallest absolute Gasteiger partial charge is 0.311 e. The van der Waals surface area contributed by atoms with E-state index in [1.807, 2.05) is 30.3 Å². The van der Waals surface area contributed by atoms with Crippen LogP contribution in [0.3, 0.4) is 0 Å². The molecule has 0 bridgehead atoms. The Hall–Kier alpha value is -1.35. The van der Waals surface area contributed by atoms with Gasteiger partial charge in [0.1, 0.15) is 0 Å². The van der Waals surface area contributed by atoms with Gasteiger partial charge in [-0.15, -0.1) is 0 Å². The second-order valence-electron chi connectivity index (χ2n) is 3.57. The van der Waals surface area contributed by atoms with Crippen LogP contribution in [0, 0.1) is 5.92 Å². The van der Waals surface area contributed by atoms with Gasteiger partial charge >= 0.3 is 5.97 Å². The highest BCUT2D eigenvalue weighted by atomic mass is 16.5. The Morgan fingerprint density at radius 2 is 2.00 bits per heavy atom. The maximum atomic E-state index is 11.2. The van der Waals surface area contributed by atoms with E-state index in [9.17, 15) is 9.90 Å². The number of methoxy groups -OCH3 is 1. The molecule has 0 amide bonds. The normalized spacial score (nSPS) is 14.3. The fraction of sp³-hybridized carbons (Fsp3) is 0.417. The van der Waals surface area contributed by atoms with Crippen LogP contribution < -0.4 is 0 Å². The van der Waals surface area contributed by atoms with E-state index in [-0.39, 0.29) is 5.97 Å². The SMILES string of the molecule is COC(=O)[C@H](C)[C@@H](O)Cc1ccccc1. The van der Waals surface area contributed by atoms with Crippen molar-refractivity contribution in [3.63, 3.8) is 0 Å². The number of hydrogen-bond donors (Lipinski definition) is 1. The highest BCUT2D eigenvalue weighted by molar-refractivity contribution is 5.72. The van der Waals surface area contributed by atoms with Crippen molar-refractivity contribution in [2.75, 3.05) is 7.11 Å². The van der Waals surface area contributed by atoms with E-state index >= 15 is 0 Å². The molecule has 2 atom stereocenters. The average Bonchev–Trinajstić information content (AvgIpc) is 2.28. The van der Waals surface area contributed by atoms with Crippen LogP contribution in [0.15, 0.2) is 30.3 Å². The van der Waals surface area contributed by atoms with Gasteiger partial charge < -0.3 is 9.84 Å². The molecule has 0 fully saturated rings.